The van der Waals surface area contributed by atoms with Crippen LogP contribution in [0.3, 0.4) is 0 Å². The van der Waals surface area contributed by atoms with E-state index < -0.39 is 0 Å². The lowest BCUT2D eigenvalue weighted by atomic mass is 10.2. The highest BCUT2D eigenvalue weighted by Crippen LogP contribution is 2.38. The van der Waals surface area contributed by atoms with Gasteiger partial charge in [0.2, 0.25) is 0 Å². The van der Waals surface area contributed by atoms with Crippen LogP contribution in [0.5, 0.6) is 17.2 Å². The summed E-state index contributed by atoms with van der Waals surface area (Å²) < 4.78 is 10.4. The van der Waals surface area contributed by atoms with E-state index in [0.29, 0.717) is 32.8 Å². The molecule has 1 N–H and O–H groups in total. The Morgan fingerprint density at radius 3 is 2.27 bits per heavy atom. The number of rotatable bonds is 4. The van der Waals surface area contributed by atoms with Gasteiger partial charge in [-0.2, -0.15) is 0 Å². The van der Waals surface area contributed by atoms with Gasteiger partial charge in [-0.3, -0.25) is 4.99 Å². The Balaban J connectivity index is 2.46. The third kappa shape index (κ3) is 3.58. The Bertz CT molecular complexity index is 732. The predicted octanol–water partition coefficient (Wildman–Crippen LogP) is 5.12. The first-order valence-electron chi connectivity index (χ1n) is 6.10. The summed E-state index contributed by atoms with van der Waals surface area (Å²) in [5, 5.41) is 10.9. The lowest BCUT2D eigenvalue weighted by Crippen LogP contribution is -1.89. The zero-order chi connectivity index (χ0) is 16.3. The Morgan fingerprint density at radius 1 is 0.955 bits per heavy atom. The average molecular weight is 361 g/mol. The number of ether oxygens (including phenoxy) is 2. The SMILES string of the molecule is COc1cc(N=Cc2cc(Cl)cc(Cl)c2O)c(OC)cc1Cl. The fraction of sp³-hybridized carbons (Fsp3) is 0.133. The number of phenols is 1. The van der Waals surface area contributed by atoms with Gasteiger partial charge in [-0.25, -0.2) is 0 Å². The van der Waals surface area contributed by atoms with Crippen molar-refractivity contribution in [2.45, 2.75) is 0 Å². The van der Waals surface area contributed by atoms with Crippen LogP contribution in [0.1, 0.15) is 5.56 Å². The largest absolute Gasteiger partial charge is 0.506 e. The molecule has 0 fully saturated rings. The number of hydrogen-bond acceptors (Lipinski definition) is 4. The minimum Gasteiger partial charge on any atom is -0.506 e. The Labute approximate surface area is 142 Å². The van der Waals surface area contributed by atoms with Gasteiger partial charge >= 0.3 is 0 Å². The van der Waals surface area contributed by atoms with Crippen molar-refractivity contribution >= 4 is 46.7 Å². The number of aliphatic imine (C=N–C) groups is 1. The van der Waals surface area contributed by atoms with E-state index in [1.54, 1.807) is 18.2 Å². The van der Waals surface area contributed by atoms with E-state index >= 15 is 0 Å². The van der Waals surface area contributed by atoms with Gasteiger partial charge in [-0.15, -0.1) is 0 Å². The van der Waals surface area contributed by atoms with Gasteiger partial charge in [0.1, 0.15) is 22.9 Å². The van der Waals surface area contributed by atoms with Gasteiger partial charge in [-0.1, -0.05) is 34.8 Å². The first-order valence-corrected chi connectivity index (χ1v) is 7.23. The van der Waals surface area contributed by atoms with Crippen LogP contribution in [0.2, 0.25) is 15.1 Å². The maximum Gasteiger partial charge on any atom is 0.146 e. The number of aromatic hydroxyl groups is 1. The van der Waals surface area contributed by atoms with Gasteiger partial charge in [0.25, 0.3) is 0 Å². The summed E-state index contributed by atoms with van der Waals surface area (Å²) in [6.07, 6.45) is 1.43. The molecule has 0 aliphatic heterocycles. The summed E-state index contributed by atoms with van der Waals surface area (Å²) in [5.74, 6) is 0.826. The number of methoxy groups -OCH3 is 2. The van der Waals surface area contributed by atoms with E-state index in [0.717, 1.165) is 0 Å². The van der Waals surface area contributed by atoms with Crippen LogP contribution in [0.4, 0.5) is 5.69 Å². The first kappa shape index (κ1) is 16.7. The molecule has 0 aliphatic rings. The molecule has 7 heteroatoms. The molecule has 0 saturated heterocycles. The van der Waals surface area contributed by atoms with Crippen molar-refractivity contribution in [2.24, 2.45) is 4.99 Å². The second kappa shape index (κ2) is 7.09. The van der Waals surface area contributed by atoms with E-state index in [1.807, 2.05) is 0 Å². The molecule has 22 heavy (non-hydrogen) atoms. The molecule has 2 aromatic carbocycles. The number of nitrogens with zero attached hydrogens (tertiary/aromatic N) is 1. The molecule has 0 atom stereocenters. The van der Waals surface area contributed by atoms with Crippen molar-refractivity contribution in [3.8, 4) is 17.2 Å². The highest BCUT2D eigenvalue weighted by molar-refractivity contribution is 6.36. The minimum absolute atomic E-state index is 0.102. The maximum atomic E-state index is 9.91. The molecule has 0 radical (unpaired) electrons. The quantitative estimate of drug-likeness (QED) is 0.770. The average Bonchev–Trinajstić information content (AvgIpc) is 2.49. The van der Waals surface area contributed by atoms with Crippen LogP contribution in [0.25, 0.3) is 0 Å². The summed E-state index contributed by atoms with van der Waals surface area (Å²) >= 11 is 17.8. The molecule has 0 aromatic heterocycles. The van der Waals surface area contributed by atoms with E-state index in [1.165, 1.54) is 26.5 Å². The lowest BCUT2D eigenvalue weighted by Gasteiger charge is -2.09. The third-order valence-corrected chi connectivity index (χ3v) is 3.66. The fourth-order valence-electron chi connectivity index (χ4n) is 1.77. The van der Waals surface area contributed by atoms with Crippen LogP contribution in [-0.2, 0) is 0 Å². The second-order valence-corrected chi connectivity index (χ2v) is 5.49. The normalized spacial score (nSPS) is 11.0. The van der Waals surface area contributed by atoms with Crippen LogP contribution in [0, 0.1) is 0 Å². The Hall–Kier alpha value is -1.62. The van der Waals surface area contributed by atoms with E-state index in [2.05, 4.69) is 4.99 Å². The molecule has 116 valence electrons. The molecule has 0 spiro atoms. The number of halogens is 3. The minimum atomic E-state index is -0.102. The van der Waals surface area contributed by atoms with Gasteiger partial charge in [0.05, 0.1) is 24.3 Å². The van der Waals surface area contributed by atoms with Crippen molar-refractivity contribution in [1.29, 1.82) is 0 Å². The molecular weight excluding hydrogens is 349 g/mol. The van der Waals surface area contributed by atoms with Crippen LogP contribution in [0.15, 0.2) is 29.3 Å². The summed E-state index contributed by atoms with van der Waals surface area (Å²) in [6.45, 7) is 0. The molecular formula is C15H12Cl3NO3. The van der Waals surface area contributed by atoms with Crippen LogP contribution < -0.4 is 9.47 Å². The predicted molar refractivity (Wildman–Crippen MR) is 89.9 cm³/mol. The molecule has 0 aliphatic carbocycles. The first-order chi connectivity index (χ1) is 10.5. The summed E-state index contributed by atoms with van der Waals surface area (Å²) in [5.41, 5.74) is 0.868. The van der Waals surface area contributed by atoms with Crippen molar-refractivity contribution in [2.75, 3.05) is 14.2 Å². The number of benzene rings is 2. The number of hydrogen-bond donors (Lipinski definition) is 1. The smallest absolute Gasteiger partial charge is 0.146 e. The molecule has 0 unspecified atom stereocenters. The summed E-state index contributed by atoms with van der Waals surface area (Å²) in [4.78, 5) is 4.27. The third-order valence-electron chi connectivity index (χ3n) is 2.85. The van der Waals surface area contributed by atoms with E-state index in [4.69, 9.17) is 44.3 Å². The van der Waals surface area contributed by atoms with Gasteiger partial charge in [0, 0.05) is 28.9 Å². The van der Waals surface area contributed by atoms with Gasteiger partial charge in [-0.05, 0) is 12.1 Å². The zero-order valence-electron chi connectivity index (χ0n) is 11.7. The summed E-state index contributed by atoms with van der Waals surface area (Å²) in [7, 11) is 3.01. The maximum absolute atomic E-state index is 9.91. The highest BCUT2D eigenvalue weighted by Gasteiger charge is 2.10. The Kier molecular flexibility index (Phi) is 5.40. The van der Waals surface area contributed by atoms with E-state index in [9.17, 15) is 5.11 Å². The van der Waals surface area contributed by atoms with Gasteiger partial charge in [0.15, 0.2) is 0 Å². The highest BCUT2D eigenvalue weighted by atomic mass is 35.5. The molecule has 4 nitrogen and oxygen atoms in total. The monoisotopic (exact) mass is 359 g/mol. The van der Waals surface area contributed by atoms with Crippen LogP contribution in [-0.4, -0.2) is 25.5 Å². The molecule has 2 rings (SSSR count). The molecule has 0 saturated carbocycles. The topological polar surface area (TPSA) is 51.0 Å². The molecule has 0 amide bonds. The van der Waals surface area contributed by atoms with Crippen molar-refractivity contribution in [1.82, 2.24) is 0 Å². The molecule has 2 aromatic rings. The summed E-state index contributed by atoms with van der Waals surface area (Å²) in [6, 6.07) is 6.21. The molecule has 0 bridgehead atoms. The zero-order valence-corrected chi connectivity index (χ0v) is 14.0. The second-order valence-electron chi connectivity index (χ2n) is 4.24. The van der Waals surface area contributed by atoms with E-state index in [-0.39, 0.29) is 10.8 Å². The standard InChI is InChI=1S/C15H12Cl3NO3/c1-21-13-6-12(14(22-2)5-10(13)17)19-7-8-3-9(16)4-11(18)15(8)20/h3-7,20H,1-2H3. The van der Waals surface area contributed by atoms with Crippen molar-refractivity contribution < 1.29 is 14.6 Å². The van der Waals surface area contributed by atoms with Gasteiger partial charge < -0.3 is 14.6 Å². The van der Waals surface area contributed by atoms with Crippen molar-refractivity contribution in [3.63, 3.8) is 0 Å². The Morgan fingerprint density at radius 2 is 1.64 bits per heavy atom. The molecule has 0 heterocycles. The fourth-order valence-corrected chi connectivity index (χ4v) is 2.51. The van der Waals surface area contributed by atoms with Crippen molar-refractivity contribution in [3.05, 3.63) is 44.9 Å². The number of phenolic OH excluding ortho intramolecular Hbond substituents is 1. The lowest BCUT2D eigenvalue weighted by molar-refractivity contribution is 0.404. The van der Waals surface area contributed by atoms with Crippen LogP contribution >= 0.6 is 34.8 Å².